The van der Waals surface area contributed by atoms with Gasteiger partial charge in [-0.2, -0.15) is 0 Å². The summed E-state index contributed by atoms with van der Waals surface area (Å²) in [5, 5.41) is 1.40. The van der Waals surface area contributed by atoms with Gasteiger partial charge in [-0.25, -0.2) is 0 Å². The van der Waals surface area contributed by atoms with Gasteiger partial charge in [0, 0.05) is 11.1 Å². The quantitative estimate of drug-likeness (QED) is 0.803. The first-order valence-corrected chi connectivity index (χ1v) is 7.18. The van der Waals surface area contributed by atoms with E-state index in [1.807, 2.05) is 12.1 Å². The molecule has 0 aliphatic carbocycles. The zero-order valence-electron chi connectivity index (χ0n) is 10.2. The third kappa shape index (κ3) is 3.55. The van der Waals surface area contributed by atoms with E-state index in [1.165, 1.54) is 0 Å². The molecule has 2 rings (SSSR count). The minimum Gasteiger partial charge on any atom is -0.487 e. The second-order valence-corrected chi connectivity index (χ2v) is 5.64. The largest absolute Gasteiger partial charge is 0.487 e. The highest BCUT2D eigenvalue weighted by atomic mass is 35.5. The molecule has 2 N–H and O–H groups in total. The van der Waals surface area contributed by atoms with Crippen molar-refractivity contribution in [1.29, 1.82) is 0 Å². The first-order chi connectivity index (χ1) is 9.49. The van der Waals surface area contributed by atoms with Crippen molar-refractivity contribution in [3.8, 4) is 5.75 Å². The molecule has 104 valence electrons. The number of ether oxygens (including phenoxy) is 1. The van der Waals surface area contributed by atoms with E-state index in [9.17, 15) is 0 Å². The van der Waals surface area contributed by atoms with Crippen LogP contribution in [0.1, 0.15) is 11.1 Å². The zero-order valence-corrected chi connectivity index (χ0v) is 13.3. The van der Waals surface area contributed by atoms with Crippen LogP contribution in [-0.2, 0) is 6.61 Å². The first kappa shape index (κ1) is 15.4. The van der Waals surface area contributed by atoms with Gasteiger partial charge in [0.15, 0.2) is 0 Å². The molecular formula is C14H10Cl3NOS. The SMILES string of the molecule is NC(=S)c1ccc(OCc2cccc(Cl)c2Cl)c(Cl)c1. The zero-order chi connectivity index (χ0) is 14.7. The molecule has 2 aromatic carbocycles. The van der Waals surface area contributed by atoms with E-state index in [1.54, 1.807) is 24.3 Å². The van der Waals surface area contributed by atoms with Crippen LogP contribution in [0.25, 0.3) is 0 Å². The van der Waals surface area contributed by atoms with Gasteiger partial charge in [-0.05, 0) is 24.3 Å². The van der Waals surface area contributed by atoms with Crippen molar-refractivity contribution in [3.05, 3.63) is 62.6 Å². The molecule has 0 atom stereocenters. The second kappa shape index (κ2) is 6.64. The molecule has 0 saturated heterocycles. The van der Waals surface area contributed by atoms with Crippen molar-refractivity contribution in [3.63, 3.8) is 0 Å². The molecule has 0 aromatic heterocycles. The maximum Gasteiger partial charge on any atom is 0.138 e. The van der Waals surface area contributed by atoms with E-state index in [2.05, 4.69) is 0 Å². The van der Waals surface area contributed by atoms with Crippen molar-refractivity contribution < 1.29 is 4.74 Å². The lowest BCUT2D eigenvalue weighted by atomic mass is 10.2. The molecule has 0 bridgehead atoms. The Labute approximate surface area is 137 Å². The van der Waals surface area contributed by atoms with Gasteiger partial charge in [0.2, 0.25) is 0 Å². The van der Waals surface area contributed by atoms with Gasteiger partial charge >= 0.3 is 0 Å². The standard InChI is InChI=1S/C14H10Cl3NOS/c15-10-3-1-2-9(13(10)17)7-19-12-5-4-8(14(18)20)6-11(12)16/h1-6H,7H2,(H2,18,20). The summed E-state index contributed by atoms with van der Waals surface area (Å²) in [5.41, 5.74) is 7.01. The monoisotopic (exact) mass is 345 g/mol. The predicted octanol–water partition coefficient (Wildman–Crippen LogP) is 4.86. The Morgan fingerprint density at radius 2 is 1.85 bits per heavy atom. The number of hydrogen-bond acceptors (Lipinski definition) is 2. The smallest absolute Gasteiger partial charge is 0.138 e. The summed E-state index contributed by atoms with van der Waals surface area (Å²) < 4.78 is 5.63. The molecule has 0 spiro atoms. The van der Waals surface area contributed by atoms with Gasteiger partial charge < -0.3 is 10.5 Å². The van der Waals surface area contributed by atoms with E-state index in [4.69, 9.17) is 57.5 Å². The number of thiocarbonyl (C=S) groups is 1. The Balaban J connectivity index is 2.15. The second-order valence-electron chi connectivity index (χ2n) is 4.01. The summed E-state index contributed by atoms with van der Waals surface area (Å²) in [5.74, 6) is 0.530. The Bertz CT molecular complexity index is 661. The maximum atomic E-state index is 6.11. The highest BCUT2D eigenvalue weighted by Crippen LogP contribution is 2.29. The average Bonchev–Trinajstić information content (AvgIpc) is 2.41. The van der Waals surface area contributed by atoms with Crippen LogP contribution in [0.5, 0.6) is 5.75 Å². The molecule has 0 unspecified atom stereocenters. The summed E-state index contributed by atoms with van der Waals surface area (Å²) in [7, 11) is 0. The molecule has 0 heterocycles. The van der Waals surface area contributed by atoms with E-state index in [-0.39, 0.29) is 11.6 Å². The van der Waals surface area contributed by atoms with Crippen molar-refractivity contribution >= 4 is 52.0 Å². The van der Waals surface area contributed by atoms with E-state index in [0.717, 1.165) is 5.56 Å². The lowest BCUT2D eigenvalue weighted by molar-refractivity contribution is 0.306. The summed E-state index contributed by atoms with van der Waals surface area (Å²) in [6, 6.07) is 10.5. The maximum absolute atomic E-state index is 6.11. The Morgan fingerprint density at radius 3 is 2.50 bits per heavy atom. The molecule has 2 nitrogen and oxygen atoms in total. The molecule has 0 aliphatic rings. The fraction of sp³-hybridized carbons (Fsp3) is 0.0714. The highest BCUT2D eigenvalue weighted by Gasteiger charge is 2.08. The minimum absolute atomic E-state index is 0.269. The summed E-state index contributed by atoms with van der Waals surface area (Å²) >= 11 is 23.0. The number of halogens is 3. The Kier molecular flexibility index (Phi) is 5.11. The van der Waals surface area contributed by atoms with Crippen LogP contribution in [0.4, 0.5) is 0 Å². The molecular weight excluding hydrogens is 337 g/mol. The van der Waals surface area contributed by atoms with E-state index < -0.39 is 0 Å². The fourth-order valence-corrected chi connectivity index (χ4v) is 2.32. The topological polar surface area (TPSA) is 35.2 Å². The summed E-state index contributed by atoms with van der Waals surface area (Å²) in [6.07, 6.45) is 0. The minimum atomic E-state index is 0.269. The Hall–Kier alpha value is -1.000. The number of rotatable bonds is 4. The molecule has 20 heavy (non-hydrogen) atoms. The predicted molar refractivity (Wildman–Crippen MR) is 88.1 cm³/mol. The normalized spacial score (nSPS) is 10.3. The van der Waals surface area contributed by atoms with Crippen molar-refractivity contribution in [1.82, 2.24) is 0 Å². The van der Waals surface area contributed by atoms with Crippen LogP contribution in [-0.4, -0.2) is 4.99 Å². The van der Waals surface area contributed by atoms with Gasteiger partial charge in [-0.1, -0.05) is 59.2 Å². The van der Waals surface area contributed by atoms with Gasteiger partial charge in [0.05, 0.1) is 15.1 Å². The third-order valence-corrected chi connectivity index (χ3v) is 4.02. The van der Waals surface area contributed by atoms with Gasteiger partial charge in [-0.15, -0.1) is 0 Å². The fourth-order valence-electron chi connectivity index (χ4n) is 1.59. The molecule has 0 aliphatic heterocycles. The van der Waals surface area contributed by atoms with Gasteiger partial charge in [-0.3, -0.25) is 0 Å². The molecule has 2 aromatic rings. The van der Waals surface area contributed by atoms with Crippen molar-refractivity contribution in [2.24, 2.45) is 5.73 Å². The third-order valence-electron chi connectivity index (χ3n) is 2.63. The number of nitrogens with two attached hydrogens (primary N) is 1. The molecule has 0 fully saturated rings. The van der Waals surface area contributed by atoms with Crippen LogP contribution >= 0.6 is 47.0 Å². The number of benzene rings is 2. The van der Waals surface area contributed by atoms with Crippen molar-refractivity contribution in [2.75, 3.05) is 0 Å². The van der Waals surface area contributed by atoms with E-state index >= 15 is 0 Å². The highest BCUT2D eigenvalue weighted by molar-refractivity contribution is 7.80. The lowest BCUT2D eigenvalue weighted by Crippen LogP contribution is -2.09. The van der Waals surface area contributed by atoms with Crippen LogP contribution in [0.15, 0.2) is 36.4 Å². The van der Waals surface area contributed by atoms with E-state index in [0.29, 0.717) is 26.4 Å². The molecule has 0 radical (unpaired) electrons. The van der Waals surface area contributed by atoms with Crippen LogP contribution in [0.3, 0.4) is 0 Å². The molecule has 0 amide bonds. The Morgan fingerprint density at radius 1 is 1.10 bits per heavy atom. The van der Waals surface area contributed by atoms with Crippen molar-refractivity contribution in [2.45, 2.75) is 6.61 Å². The summed E-state index contributed by atoms with van der Waals surface area (Å²) in [6.45, 7) is 0.269. The average molecular weight is 347 g/mol. The first-order valence-electron chi connectivity index (χ1n) is 5.64. The lowest BCUT2D eigenvalue weighted by Gasteiger charge is -2.11. The molecule has 6 heteroatoms. The van der Waals surface area contributed by atoms with Crippen LogP contribution in [0, 0.1) is 0 Å². The molecule has 0 saturated carbocycles. The number of hydrogen-bond donors (Lipinski definition) is 1. The summed E-state index contributed by atoms with van der Waals surface area (Å²) in [4.78, 5) is 0.288. The van der Waals surface area contributed by atoms with Crippen LogP contribution < -0.4 is 10.5 Å². The van der Waals surface area contributed by atoms with Crippen LogP contribution in [0.2, 0.25) is 15.1 Å². The van der Waals surface area contributed by atoms with Gasteiger partial charge in [0.25, 0.3) is 0 Å². The van der Waals surface area contributed by atoms with Gasteiger partial charge in [0.1, 0.15) is 17.3 Å².